The van der Waals surface area contributed by atoms with E-state index in [9.17, 15) is 39.9 Å². The van der Waals surface area contributed by atoms with Crippen molar-refractivity contribution in [2.75, 3.05) is 20.7 Å². The normalized spacial score (nSPS) is 45.5. The first-order valence-electron chi connectivity index (χ1n) is 17.6. The number of likely N-dealkylation sites (N-methyl/N-ethyl adjacent to an activating group) is 1. The molecule has 0 spiro atoms. The summed E-state index contributed by atoms with van der Waals surface area (Å²) < 4.78 is 30.4. The Morgan fingerprint density at radius 1 is 0.980 bits per heavy atom. The molecule has 0 amide bonds. The van der Waals surface area contributed by atoms with Crippen LogP contribution >= 0.6 is 0 Å². The molecule has 3 heterocycles. The first-order chi connectivity index (χ1) is 23.4. The molecule has 3 rings (SSSR count). The molecule has 0 radical (unpaired) electrons. The van der Waals surface area contributed by atoms with Crippen LogP contribution in [0.15, 0.2) is 24.3 Å². The number of carbonyl (C=O) groups is 3. The molecule has 3 aliphatic heterocycles. The molecule has 50 heavy (non-hydrogen) atoms. The van der Waals surface area contributed by atoms with Crippen LogP contribution in [0.5, 0.6) is 0 Å². The molecule has 0 aliphatic carbocycles. The Bertz CT molecular complexity index is 1180. The van der Waals surface area contributed by atoms with E-state index in [-0.39, 0.29) is 31.7 Å². The van der Waals surface area contributed by atoms with E-state index in [4.69, 9.17) is 23.7 Å². The SMILES string of the molecule is CC1OC(O[C@H]2[C@@H](CC=O)C[C@@H](C)C(=O)/C=C/C=C/[C@H](CO)[C@@H](C)OC(=O)CC(O)[C@@H]2C)C(O)C(N(C)C)C1OC1CC(C)(O)C(O)C(C)O1. The summed E-state index contributed by atoms with van der Waals surface area (Å²) in [5, 5.41) is 54.1. The van der Waals surface area contributed by atoms with E-state index in [2.05, 4.69) is 0 Å². The summed E-state index contributed by atoms with van der Waals surface area (Å²) >= 11 is 0. The quantitative estimate of drug-likeness (QED) is 0.175. The van der Waals surface area contributed by atoms with E-state index in [1.165, 1.54) is 13.0 Å². The molecule has 2 fully saturated rings. The number of aliphatic hydroxyl groups is 5. The predicted octanol–water partition coefficient (Wildman–Crippen LogP) is 0.893. The van der Waals surface area contributed by atoms with Gasteiger partial charge in [0.1, 0.15) is 30.7 Å². The van der Waals surface area contributed by atoms with E-state index in [0.29, 0.717) is 6.29 Å². The highest BCUT2D eigenvalue weighted by Gasteiger charge is 2.51. The van der Waals surface area contributed by atoms with Gasteiger partial charge < -0.3 is 58.9 Å². The van der Waals surface area contributed by atoms with Crippen molar-refractivity contribution in [2.24, 2.45) is 23.7 Å². The second kappa shape index (κ2) is 18.6. The molecule has 0 saturated carbocycles. The molecule has 10 unspecified atom stereocenters. The Kier molecular flexibility index (Phi) is 15.7. The molecule has 5 N–H and O–H groups in total. The van der Waals surface area contributed by atoms with Gasteiger partial charge in [0.15, 0.2) is 18.4 Å². The first-order valence-corrected chi connectivity index (χ1v) is 17.6. The van der Waals surface area contributed by atoms with Crippen molar-refractivity contribution in [3.63, 3.8) is 0 Å². The summed E-state index contributed by atoms with van der Waals surface area (Å²) in [6.07, 6.45) is -3.18. The van der Waals surface area contributed by atoms with Crippen LogP contribution in [0, 0.1) is 23.7 Å². The summed E-state index contributed by atoms with van der Waals surface area (Å²) in [7, 11) is 3.50. The van der Waals surface area contributed by atoms with Crippen LogP contribution < -0.4 is 0 Å². The third-order valence-electron chi connectivity index (χ3n) is 10.4. The highest BCUT2D eigenvalue weighted by molar-refractivity contribution is 5.91. The van der Waals surface area contributed by atoms with Crippen molar-refractivity contribution >= 4 is 18.0 Å². The van der Waals surface area contributed by atoms with Crippen LogP contribution in [0.4, 0.5) is 0 Å². The number of allylic oxidation sites excluding steroid dienone is 3. The molecule has 286 valence electrons. The van der Waals surface area contributed by atoms with Crippen LogP contribution in [0.3, 0.4) is 0 Å². The van der Waals surface area contributed by atoms with E-state index in [1.54, 1.807) is 71.8 Å². The van der Waals surface area contributed by atoms with E-state index in [1.807, 2.05) is 0 Å². The fourth-order valence-electron chi connectivity index (χ4n) is 7.17. The minimum atomic E-state index is -1.47. The number of aliphatic hydroxyl groups excluding tert-OH is 4. The lowest BCUT2D eigenvalue weighted by atomic mass is 9.79. The fraction of sp³-hybridized carbons (Fsp3) is 0.806. The monoisotopic (exact) mass is 713 g/mol. The minimum absolute atomic E-state index is 0.0208. The van der Waals surface area contributed by atoms with Crippen LogP contribution in [0.2, 0.25) is 0 Å². The van der Waals surface area contributed by atoms with Crippen molar-refractivity contribution < 1.29 is 63.6 Å². The smallest absolute Gasteiger partial charge is 0.308 e. The Morgan fingerprint density at radius 3 is 2.26 bits per heavy atom. The number of cyclic esters (lactones) is 1. The molecule has 14 heteroatoms. The zero-order valence-electron chi connectivity index (χ0n) is 30.5. The van der Waals surface area contributed by atoms with Crippen LogP contribution in [0.1, 0.15) is 67.2 Å². The van der Waals surface area contributed by atoms with Gasteiger partial charge in [-0.2, -0.15) is 0 Å². The maximum atomic E-state index is 13.1. The average molecular weight is 714 g/mol. The van der Waals surface area contributed by atoms with Gasteiger partial charge in [-0.15, -0.1) is 0 Å². The second-order valence-corrected chi connectivity index (χ2v) is 14.8. The zero-order valence-corrected chi connectivity index (χ0v) is 30.5. The number of rotatable bonds is 8. The summed E-state index contributed by atoms with van der Waals surface area (Å²) in [6.45, 7) is 9.59. The van der Waals surface area contributed by atoms with Gasteiger partial charge in [-0.05, 0) is 60.2 Å². The van der Waals surface area contributed by atoms with Crippen molar-refractivity contribution in [1.29, 1.82) is 0 Å². The third kappa shape index (κ3) is 10.7. The molecule has 0 aromatic carbocycles. The van der Waals surface area contributed by atoms with E-state index < -0.39 is 109 Å². The van der Waals surface area contributed by atoms with E-state index in [0.717, 1.165) is 0 Å². The van der Waals surface area contributed by atoms with Crippen LogP contribution in [-0.4, -0.2) is 142 Å². The molecular formula is C36H59NO13. The minimum Gasteiger partial charge on any atom is -0.462 e. The van der Waals surface area contributed by atoms with Crippen molar-refractivity contribution in [1.82, 2.24) is 4.90 Å². The predicted molar refractivity (Wildman–Crippen MR) is 180 cm³/mol. The number of ether oxygens (including phenoxy) is 5. The lowest BCUT2D eigenvalue weighted by molar-refractivity contribution is -0.341. The van der Waals surface area contributed by atoms with E-state index >= 15 is 0 Å². The Hall–Kier alpha value is -2.11. The lowest BCUT2D eigenvalue weighted by Gasteiger charge is -2.50. The topological polar surface area (TPSA) is 202 Å². The van der Waals surface area contributed by atoms with Gasteiger partial charge in [0.2, 0.25) is 0 Å². The van der Waals surface area contributed by atoms with Gasteiger partial charge in [-0.3, -0.25) is 9.59 Å². The fourth-order valence-corrected chi connectivity index (χ4v) is 7.17. The molecule has 16 atom stereocenters. The van der Waals surface area contributed by atoms with Crippen LogP contribution in [0.25, 0.3) is 0 Å². The number of carbonyl (C=O) groups excluding carboxylic acids is 3. The highest BCUT2D eigenvalue weighted by atomic mass is 16.7. The zero-order chi connectivity index (χ0) is 37.5. The number of hydrogen-bond donors (Lipinski definition) is 5. The number of ketones is 1. The third-order valence-corrected chi connectivity index (χ3v) is 10.4. The molecule has 0 aromatic rings. The van der Waals surface area contributed by atoms with Gasteiger partial charge in [-0.25, -0.2) is 0 Å². The number of esters is 1. The largest absolute Gasteiger partial charge is 0.462 e. The van der Waals surface area contributed by atoms with Gasteiger partial charge in [0.05, 0.1) is 49.1 Å². The van der Waals surface area contributed by atoms with Gasteiger partial charge in [0.25, 0.3) is 0 Å². The Morgan fingerprint density at radius 2 is 1.66 bits per heavy atom. The van der Waals surface area contributed by atoms with Gasteiger partial charge in [0, 0.05) is 30.6 Å². The number of hydrogen-bond acceptors (Lipinski definition) is 14. The highest BCUT2D eigenvalue weighted by Crippen LogP contribution is 2.37. The van der Waals surface area contributed by atoms with Crippen LogP contribution in [-0.2, 0) is 38.1 Å². The Labute approximate surface area is 295 Å². The standard InChI is InChI=1S/C36H59NO13/c1-19-15-24(13-14-38)32(20(2)27(41)16-28(42)46-21(3)25(18-39)11-9-10-12-26(19)40)50-35-31(43)30(37(7)8)33(22(4)48-35)49-29-17-36(6,45)34(44)23(5)47-29/h9-12,14,19-25,27,29-35,39,41,43-45H,13,15-18H2,1-8H3/b11-9+,12-10+/t19-,20+,21-,22?,23?,24+,25-,27?,29?,30?,31?,32-,33?,34?,35?,36?/m1/s1. The maximum absolute atomic E-state index is 13.1. The second-order valence-electron chi connectivity index (χ2n) is 14.8. The van der Waals surface area contributed by atoms with Crippen molar-refractivity contribution in [3.8, 4) is 0 Å². The molecule has 3 aliphatic rings. The molecule has 0 bridgehead atoms. The average Bonchev–Trinajstić information content (AvgIpc) is 3.02. The number of aldehydes is 1. The lowest BCUT2D eigenvalue weighted by Crippen LogP contribution is -2.65. The molecular weight excluding hydrogens is 654 g/mol. The summed E-state index contributed by atoms with van der Waals surface area (Å²) in [5.74, 6) is -3.41. The van der Waals surface area contributed by atoms with Crippen molar-refractivity contribution in [2.45, 2.75) is 140 Å². The molecule has 14 nitrogen and oxygen atoms in total. The van der Waals surface area contributed by atoms with Gasteiger partial charge in [-0.1, -0.05) is 32.1 Å². The summed E-state index contributed by atoms with van der Waals surface area (Å²) in [5.41, 5.74) is -1.47. The number of nitrogens with zero attached hydrogens (tertiary/aromatic N) is 1. The summed E-state index contributed by atoms with van der Waals surface area (Å²) in [6, 6.07) is -0.718. The summed E-state index contributed by atoms with van der Waals surface area (Å²) in [4.78, 5) is 39.8. The Balaban J connectivity index is 1.93. The molecule has 2 saturated heterocycles. The maximum Gasteiger partial charge on any atom is 0.308 e. The molecule has 0 aromatic heterocycles. The van der Waals surface area contributed by atoms with Gasteiger partial charge >= 0.3 is 5.97 Å². The van der Waals surface area contributed by atoms with Crippen molar-refractivity contribution in [3.05, 3.63) is 24.3 Å². The first kappa shape index (κ1) is 42.3.